The van der Waals surface area contributed by atoms with Gasteiger partial charge in [0.2, 0.25) is 0 Å². The molecule has 0 aromatic heterocycles. The van der Waals surface area contributed by atoms with Crippen molar-refractivity contribution in [2.75, 3.05) is 7.11 Å². The molecule has 0 bridgehead atoms. The number of ether oxygens (including phenoxy) is 1. The van der Waals surface area contributed by atoms with Crippen molar-refractivity contribution >= 4 is 10.8 Å². The van der Waals surface area contributed by atoms with E-state index in [9.17, 15) is 13.2 Å². The molecule has 0 radical (unpaired) electrons. The zero-order chi connectivity index (χ0) is 21.8. The smallest absolute Gasteiger partial charge is 0.159 e. The van der Waals surface area contributed by atoms with Gasteiger partial charge in [0.25, 0.3) is 0 Å². The van der Waals surface area contributed by atoms with E-state index in [1.807, 2.05) is 24.3 Å². The number of methoxy groups -OCH3 is 1. The highest BCUT2D eigenvalue weighted by Crippen LogP contribution is 2.20. The van der Waals surface area contributed by atoms with Crippen molar-refractivity contribution < 1.29 is 17.9 Å². The van der Waals surface area contributed by atoms with Gasteiger partial charge in [-0.25, -0.2) is 13.2 Å². The molecule has 0 aliphatic rings. The predicted molar refractivity (Wildman–Crippen MR) is 117 cm³/mol. The van der Waals surface area contributed by atoms with E-state index < -0.39 is 11.6 Å². The molecule has 0 heterocycles. The Kier molecular flexibility index (Phi) is 5.95. The van der Waals surface area contributed by atoms with Crippen LogP contribution in [-0.2, 0) is 12.8 Å². The van der Waals surface area contributed by atoms with E-state index in [1.165, 1.54) is 25.3 Å². The molecule has 1 nitrogen and oxygen atoms in total. The summed E-state index contributed by atoms with van der Waals surface area (Å²) < 4.78 is 45.9. The Morgan fingerprint density at radius 1 is 0.645 bits per heavy atom. The summed E-state index contributed by atoms with van der Waals surface area (Å²) in [5.41, 5.74) is 3.29. The molecule has 0 amide bonds. The molecule has 31 heavy (non-hydrogen) atoms. The van der Waals surface area contributed by atoms with Gasteiger partial charge in [0.1, 0.15) is 11.6 Å². The lowest BCUT2D eigenvalue weighted by Crippen LogP contribution is -1.96. The summed E-state index contributed by atoms with van der Waals surface area (Å²) >= 11 is 0. The lowest BCUT2D eigenvalue weighted by molar-refractivity contribution is 0.410. The minimum atomic E-state index is -0.872. The van der Waals surface area contributed by atoms with Crippen LogP contribution >= 0.6 is 0 Å². The molecular weight excluding hydrogens is 397 g/mol. The predicted octanol–water partition coefficient (Wildman–Crippen LogP) is 6.45. The third-order valence-corrected chi connectivity index (χ3v) is 5.13. The SMILES string of the molecule is COc1ccc(CCc2ccc(C#Cc3ccc4cc(F)c(F)cc4c3)cc2)c(F)c1. The summed E-state index contributed by atoms with van der Waals surface area (Å²) in [6.07, 6.45) is 1.30. The lowest BCUT2D eigenvalue weighted by atomic mass is 10.0. The van der Waals surface area contributed by atoms with Gasteiger partial charge in [0.05, 0.1) is 7.11 Å². The topological polar surface area (TPSA) is 9.23 Å². The number of benzene rings is 4. The Balaban J connectivity index is 1.44. The molecule has 0 saturated carbocycles. The highest BCUT2D eigenvalue weighted by atomic mass is 19.2. The molecule has 4 heteroatoms. The van der Waals surface area contributed by atoms with Crippen LogP contribution < -0.4 is 4.74 Å². The van der Waals surface area contributed by atoms with Gasteiger partial charge < -0.3 is 4.74 Å². The number of aryl methyl sites for hydroxylation is 2. The average Bonchev–Trinajstić information content (AvgIpc) is 2.78. The van der Waals surface area contributed by atoms with E-state index in [4.69, 9.17) is 4.74 Å². The maximum absolute atomic E-state index is 14.1. The minimum Gasteiger partial charge on any atom is -0.497 e. The largest absolute Gasteiger partial charge is 0.497 e. The van der Waals surface area contributed by atoms with Crippen LogP contribution in [0.2, 0.25) is 0 Å². The van der Waals surface area contributed by atoms with E-state index in [2.05, 4.69) is 11.8 Å². The van der Waals surface area contributed by atoms with Crippen molar-refractivity contribution in [1.82, 2.24) is 0 Å². The fraction of sp³-hybridized carbons (Fsp3) is 0.111. The van der Waals surface area contributed by atoms with E-state index in [-0.39, 0.29) is 5.82 Å². The fourth-order valence-electron chi connectivity index (χ4n) is 3.36. The summed E-state index contributed by atoms with van der Waals surface area (Å²) in [4.78, 5) is 0. The van der Waals surface area contributed by atoms with Gasteiger partial charge in [-0.15, -0.1) is 0 Å². The van der Waals surface area contributed by atoms with Crippen LogP contribution in [0.5, 0.6) is 5.75 Å². The van der Waals surface area contributed by atoms with Crippen molar-refractivity contribution in [3.8, 4) is 17.6 Å². The second-order valence-corrected chi connectivity index (χ2v) is 7.23. The van der Waals surface area contributed by atoms with Crippen molar-refractivity contribution in [2.45, 2.75) is 12.8 Å². The van der Waals surface area contributed by atoms with Gasteiger partial charge in [-0.2, -0.15) is 0 Å². The molecule has 0 aliphatic heterocycles. The molecule has 0 fully saturated rings. The van der Waals surface area contributed by atoms with Crippen LogP contribution in [0, 0.1) is 29.3 Å². The van der Waals surface area contributed by atoms with E-state index in [0.717, 1.165) is 16.7 Å². The Morgan fingerprint density at radius 2 is 1.32 bits per heavy atom. The van der Waals surface area contributed by atoms with Gasteiger partial charge in [-0.3, -0.25) is 0 Å². The zero-order valence-electron chi connectivity index (χ0n) is 16.9. The van der Waals surface area contributed by atoms with Gasteiger partial charge in [0.15, 0.2) is 11.6 Å². The molecule has 4 rings (SSSR count). The molecule has 0 N–H and O–H groups in total. The van der Waals surface area contributed by atoms with Crippen LogP contribution in [0.4, 0.5) is 13.2 Å². The first-order valence-electron chi connectivity index (χ1n) is 9.84. The summed E-state index contributed by atoms with van der Waals surface area (Å²) in [6.45, 7) is 0. The van der Waals surface area contributed by atoms with Crippen LogP contribution in [0.15, 0.2) is 72.8 Å². The zero-order valence-corrected chi connectivity index (χ0v) is 16.9. The molecule has 154 valence electrons. The van der Waals surface area contributed by atoms with Crippen molar-refractivity contribution in [3.63, 3.8) is 0 Å². The number of halogens is 3. The summed E-state index contributed by atoms with van der Waals surface area (Å²) in [6, 6.07) is 20.3. The molecule has 4 aromatic rings. The maximum atomic E-state index is 14.1. The fourth-order valence-corrected chi connectivity index (χ4v) is 3.36. The molecule has 0 atom stereocenters. The third-order valence-electron chi connectivity index (χ3n) is 5.13. The minimum absolute atomic E-state index is 0.264. The first-order chi connectivity index (χ1) is 15.0. The summed E-state index contributed by atoms with van der Waals surface area (Å²) in [5.74, 6) is 4.65. The van der Waals surface area contributed by atoms with E-state index in [1.54, 1.807) is 30.3 Å². The quantitative estimate of drug-likeness (QED) is 0.347. The first kappa shape index (κ1) is 20.6. The van der Waals surface area contributed by atoms with E-state index >= 15 is 0 Å². The summed E-state index contributed by atoms with van der Waals surface area (Å²) in [5, 5.41) is 1.23. The van der Waals surface area contributed by atoms with Gasteiger partial charge in [0, 0.05) is 17.2 Å². The molecule has 0 aliphatic carbocycles. The Labute approximate surface area is 179 Å². The van der Waals surface area contributed by atoms with E-state index in [0.29, 0.717) is 34.9 Å². The van der Waals surface area contributed by atoms with Crippen LogP contribution in [0.1, 0.15) is 22.3 Å². The lowest BCUT2D eigenvalue weighted by Gasteiger charge is -2.06. The second kappa shape index (κ2) is 8.97. The molecule has 0 unspecified atom stereocenters. The molecule has 0 saturated heterocycles. The number of fused-ring (bicyclic) bond motifs is 1. The maximum Gasteiger partial charge on any atom is 0.159 e. The monoisotopic (exact) mass is 416 g/mol. The molecule has 0 spiro atoms. The molecular formula is C27H19F3O. The first-order valence-corrected chi connectivity index (χ1v) is 9.84. The van der Waals surface area contributed by atoms with Crippen molar-refractivity contribution in [1.29, 1.82) is 0 Å². The van der Waals surface area contributed by atoms with Crippen molar-refractivity contribution in [2.24, 2.45) is 0 Å². The number of hydrogen-bond donors (Lipinski definition) is 0. The van der Waals surface area contributed by atoms with Crippen LogP contribution in [0.3, 0.4) is 0 Å². The van der Waals surface area contributed by atoms with Crippen LogP contribution in [0.25, 0.3) is 10.8 Å². The molecule has 4 aromatic carbocycles. The third kappa shape index (κ3) is 4.90. The normalized spacial score (nSPS) is 10.6. The second-order valence-electron chi connectivity index (χ2n) is 7.23. The Bertz CT molecular complexity index is 1300. The van der Waals surface area contributed by atoms with Gasteiger partial charge >= 0.3 is 0 Å². The summed E-state index contributed by atoms with van der Waals surface area (Å²) in [7, 11) is 1.51. The Hall–Kier alpha value is -3.71. The number of hydrogen-bond acceptors (Lipinski definition) is 1. The highest BCUT2D eigenvalue weighted by Gasteiger charge is 2.05. The van der Waals surface area contributed by atoms with Gasteiger partial charge in [-0.05, 0) is 77.2 Å². The highest BCUT2D eigenvalue weighted by molar-refractivity contribution is 5.84. The van der Waals surface area contributed by atoms with Crippen molar-refractivity contribution in [3.05, 3.63) is 113 Å². The number of rotatable bonds is 4. The average molecular weight is 416 g/mol. The Morgan fingerprint density at radius 3 is 2.03 bits per heavy atom. The van der Waals surface area contributed by atoms with Crippen LogP contribution in [-0.4, -0.2) is 7.11 Å². The van der Waals surface area contributed by atoms with Gasteiger partial charge in [-0.1, -0.05) is 36.1 Å². The standard InChI is InChI=1S/C27H19F3O/c1-31-24-13-12-21(25(28)17-24)10-8-19-4-2-18(3-5-19)6-7-20-9-11-22-15-26(29)27(30)16-23(22)14-20/h2-5,9,11-17H,8,10H2,1H3.